The molecule has 0 bridgehead atoms. The predicted octanol–water partition coefficient (Wildman–Crippen LogP) is 7.84. The summed E-state index contributed by atoms with van der Waals surface area (Å²) in [5.41, 5.74) is 4.95. The van der Waals surface area contributed by atoms with Crippen LogP contribution in [0.2, 0.25) is 0 Å². The highest BCUT2D eigenvalue weighted by atomic mass is 19.1. The van der Waals surface area contributed by atoms with Crippen LogP contribution in [0.15, 0.2) is 60.2 Å². The van der Waals surface area contributed by atoms with Gasteiger partial charge in [0.05, 0.1) is 5.69 Å². The van der Waals surface area contributed by atoms with E-state index in [-0.39, 0.29) is 11.2 Å². The Balaban J connectivity index is 1.62. The number of rotatable bonds is 7. The molecular weight excluding hydrogens is 385 g/mol. The van der Waals surface area contributed by atoms with Crippen LogP contribution in [0.5, 0.6) is 0 Å². The lowest BCUT2D eigenvalue weighted by Gasteiger charge is -2.20. The molecule has 3 rings (SSSR count). The van der Waals surface area contributed by atoms with Gasteiger partial charge >= 0.3 is 0 Å². The van der Waals surface area contributed by atoms with E-state index in [1.807, 2.05) is 25.1 Å². The third kappa shape index (κ3) is 5.55. The van der Waals surface area contributed by atoms with Gasteiger partial charge in [-0.15, -0.1) is 0 Å². The van der Waals surface area contributed by atoms with Gasteiger partial charge in [-0.25, -0.2) is 4.39 Å². The molecule has 166 valence electrons. The number of benzene rings is 1. The number of hydrogen-bond donors (Lipinski definition) is 2. The monoisotopic (exact) mass is 421 g/mol. The number of nitrogens with one attached hydrogen (secondary N) is 2. The molecule has 1 aromatic carbocycles. The Hall–Kier alpha value is -2.62. The molecule has 1 heterocycles. The van der Waals surface area contributed by atoms with Crippen molar-refractivity contribution in [2.45, 2.75) is 66.2 Å². The summed E-state index contributed by atoms with van der Waals surface area (Å²) >= 11 is 0. The van der Waals surface area contributed by atoms with E-state index >= 15 is 0 Å². The first-order valence-corrected chi connectivity index (χ1v) is 11.4. The van der Waals surface area contributed by atoms with Gasteiger partial charge < -0.3 is 5.32 Å². The van der Waals surface area contributed by atoms with E-state index in [4.69, 9.17) is 0 Å². The van der Waals surface area contributed by atoms with Crippen molar-refractivity contribution >= 4 is 11.5 Å². The number of anilines is 2. The molecule has 1 fully saturated rings. The minimum Gasteiger partial charge on any atom is -0.336 e. The zero-order chi connectivity index (χ0) is 22.6. The Labute approximate surface area is 186 Å². The molecular formula is C27H36FN3. The SMILES string of the molecule is C=C(/C=C\C(=C/C)C(C)(C)C)C1CCC(c2cc(Nc3cccc(CC)c3F)n[nH]2)C1. The third-order valence-corrected chi connectivity index (χ3v) is 6.37. The normalized spacial score (nSPS) is 19.9. The number of allylic oxidation sites excluding steroid dienone is 5. The van der Waals surface area contributed by atoms with E-state index in [1.54, 1.807) is 6.07 Å². The number of halogens is 1. The third-order valence-electron chi connectivity index (χ3n) is 6.37. The Morgan fingerprint density at radius 2 is 2.06 bits per heavy atom. The second kappa shape index (κ2) is 9.67. The van der Waals surface area contributed by atoms with E-state index in [9.17, 15) is 4.39 Å². The molecule has 0 aliphatic heterocycles. The number of hydrogen-bond acceptors (Lipinski definition) is 2. The Bertz CT molecular complexity index is 975. The van der Waals surface area contributed by atoms with Crippen LogP contribution in [0.4, 0.5) is 15.9 Å². The van der Waals surface area contributed by atoms with Crippen LogP contribution in [0, 0.1) is 17.2 Å². The maximum absolute atomic E-state index is 14.5. The first kappa shape index (κ1) is 23.1. The smallest absolute Gasteiger partial charge is 0.152 e. The summed E-state index contributed by atoms with van der Waals surface area (Å²) in [4.78, 5) is 0. The zero-order valence-corrected chi connectivity index (χ0v) is 19.6. The van der Waals surface area contributed by atoms with Crippen molar-refractivity contribution in [3.63, 3.8) is 0 Å². The van der Waals surface area contributed by atoms with Crippen molar-refractivity contribution < 1.29 is 4.39 Å². The Morgan fingerprint density at radius 1 is 1.29 bits per heavy atom. The second-order valence-corrected chi connectivity index (χ2v) is 9.57. The van der Waals surface area contributed by atoms with Gasteiger partial charge in [-0.1, -0.05) is 70.2 Å². The van der Waals surface area contributed by atoms with E-state index < -0.39 is 0 Å². The summed E-state index contributed by atoms with van der Waals surface area (Å²) < 4.78 is 14.5. The van der Waals surface area contributed by atoms with Crippen molar-refractivity contribution in [1.29, 1.82) is 0 Å². The molecule has 3 nitrogen and oxygen atoms in total. The maximum atomic E-state index is 14.5. The average molecular weight is 422 g/mol. The molecule has 1 saturated carbocycles. The van der Waals surface area contributed by atoms with Gasteiger partial charge in [0.15, 0.2) is 5.82 Å². The van der Waals surface area contributed by atoms with Crippen LogP contribution in [-0.2, 0) is 6.42 Å². The first-order chi connectivity index (χ1) is 14.7. The molecule has 2 atom stereocenters. The van der Waals surface area contributed by atoms with Crippen molar-refractivity contribution in [1.82, 2.24) is 10.2 Å². The number of nitrogens with zero attached hydrogens (tertiary/aromatic N) is 1. The fourth-order valence-electron chi connectivity index (χ4n) is 4.41. The number of aryl methyl sites for hydroxylation is 1. The van der Waals surface area contributed by atoms with Gasteiger partial charge in [0.2, 0.25) is 0 Å². The Morgan fingerprint density at radius 3 is 2.74 bits per heavy atom. The van der Waals surface area contributed by atoms with Crippen LogP contribution < -0.4 is 5.32 Å². The molecule has 2 aromatic rings. The van der Waals surface area contributed by atoms with E-state index in [0.717, 1.165) is 25.0 Å². The summed E-state index contributed by atoms with van der Waals surface area (Å²) in [6, 6.07) is 7.46. The van der Waals surface area contributed by atoms with Gasteiger partial charge in [0.1, 0.15) is 5.82 Å². The van der Waals surface area contributed by atoms with Crippen LogP contribution >= 0.6 is 0 Å². The highest BCUT2D eigenvalue weighted by molar-refractivity contribution is 5.58. The predicted molar refractivity (Wildman–Crippen MR) is 129 cm³/mol. The van der Waals surface area contributed by atoms with E-state index in [0.29, 0.717) is 35.3 Å². The van der Waals surface area contributed by atoms with Gasteiger partial charge in [0, 0.05) is 17.7 Å². The summed E-state index contributed by atoms with van der Waals surface area (Å²) in [6.45, 7) is 15.1. The standard InChI is InChI=1S/C27H36FN3/c1-7-19-10-9-11-23(26(19)28)29-25-17-24(30-31-25)21-14-13-20(16-21)18(3)12-15-22(8-2)27(4,5)6/h8-12,15,17,20-21H,3,7,13-14,16H2,1-2,4-6H3,(H2,29,30,31)/b15-12-,22-8+. The minimum absolute atomic E-state index is 0.138. The molecule has 1 aliphatic rings. The fourth-order valence-corrected chi connectivity index (χ4v) is 4.41. The van der Waals surface area contributed by atoms with E-state index in [1.165, 1.54) is 11.1 Å². The van der Waals surface area contributed by atoms with Crippen molar-refractivity contribution in [3.05, 3.63) is 77.3 Å². The molecule has 0 spiro atoms. The van der Waals surface area contributed by atoms with Crippen LogP contribution in [0.3, 0.4) is 0 Å². The zero-order valence-electron chi connectivity index (χ0n) is 19.6. The van der Waals surface area contributed by atoms with Crippen LogP contribution in [0.25, 0.3) is 0 Å². The van der Waals surface area contributed by atoms with Crippen molar-refractivity contribution in [3.8, 4) is 0 Å². The van der Waals surface area contributed by atoms with Crippen molar-refractivity contribution in [2.75, 3.05) is 5.32 Å². The quantitative estimate of drug-likeness (QED) is 0.447. The second-order valence-electron chi connectivity index (χ2n) is 9.57. The largest absolute Gasteiger partial charge is 0.336 e. The average Bonchev–Trinajstić information content (AvgIpc) is 3.38. The Kier molecular flexibility index (Phi) is 7.19. The molecule has 1 aromatic heterocycles. The lowest BCUT2D eigenvalue weighted by atomic mass is 9.85. The first-order valence-electron chi connectivity index (χ1n) is 11.4. The number of aromatic amines is 1. The number of H-pyrrole nitrogens is 1. The van der Waals surface area contributed by atoms with Crippen LogP contribution in [0.1, 0.15) is 71.1 Å². The minimum atomic E-state index is -0.200. The highest BCUT2D eigenvalue weighted by Crippen LogP contribution is 2.41. The van der Waals surface area contributed by atoms with Crippen molar-refractivity contribution in [2.24, 2.45) is 11.3 Å². The van der Waals surface area contributed by atoms with Crippen LogP contribution in [-0.4, -0.2) is 10.2 Å². The summed E-state index contributed by atoms with van der Waals surface area (Å²) in [5, 5.41) is 10.7. The fraction of sp³-hybridized carbons (Fsp3) is 0.444. The molecule has 0 saturated heterocycles. The maximum Gasteiger partial charge on any atom is 0.152 e. The molecule has 0 amide bonds. The van der Waals surface area contributed by atoms with E-state index in [2.05, 4.69) is 68.0 Å². The summed E-state index contributed by atoms with van der Waals surface area (Å²) in [5.74, 6) is 1.37. The summed E-state index contributed by atoms with van der Waals surface area (Å²) in [6.07, 6.45) is 10.5. The highest BCUT2D eigenvalue weighted by Gasteiger charge is 2.28. The van der Waals surface area contributed by atoms with Gasteiger partial charge in [-0.3, -0.25) is 5.10 Å². The molecule has 1 aliphatic carbocycles. The molecule has 2 N–H and O–H groups in total. The number of aromatic nitrogens is 2. The van der Waals surface area contributed by atoms with Gasteiger partial charge in [0.25, 0.3) is 0 Å². The van der Waals surface area contributed by atoms with Gasteiger partial charge in [-0.2, -0.15) is 5.10 Å². The lowest BCUT2D eigenvalue weighted by molar-refractivity contribution is 0.516. The molecule has 2 unspecified atom stereocenters. The topological polar surface area (TPSA) is 40.7 Å². The molecule has 31 heavy (non-hydrogen) atoms. The molecule has 4 heteroatoms. The summed E-state index contributed by atoms with van der Waals surface area (Å²) in [7, 11) is 0. The molecule has 0 radical (unpaired) electrons. The lowest BCUT2D eigenvalue weighted by Crippen LogP contribution is -2.07. The van der Waals surface area contributed by atoms with Gasteiger partial charge in [-0.05, 0) is 61.1 Å².